The Morgan fingerprint density at radius 1 is 0.769 bits per heavy atom. The number of pyridine rings is 2. The molecular weight excluding hydrogens is 520 g/mol. The molecule has 6 rings (SSSR count). The zero-order valence-corrected chi connectivity index (χ0v) is 21.7. The Morgan fingerprint density at radius 2 is 1.28 bits per heavy atom. The first-order chi connectivity index (χ1) is 18.8. The zero-order chi connectivity index (χ0) is 27.8. The lowest BCUT2D eigenvalue weighted by Crippen LogP contribution is -2.11. The fourth-order valence-electron chi connectivity index (χ4n) is 3.26. The second-order valence-electron chi connectivity index (χ2n) is 8.12. The lowest BCUT2D eigenvalue weighted by Gasteiger charge is -1.99. The van der Waals surface area contributed by atoms with Crippen molar-refractivity contribution in [3.05, 3.63) is 108 Å². The Hall–Kier alpha value is -5.09. The first kappa shape index (κ1) is 27.0. The van der Waals surface area contributed by atoms with Crippen LogP contribution < -0.4 is 11.1 Å². The number of benzene rings is 2. The van der Waals surface area contributed by atoms with Gasteiger partial charge < -0.3 is 14.6 Å². The predicted octanol–water partition coefficient (Wildman–Crippen LogP) is 5.96. The van der Waals surface area contributed by atoms with Crippen molar-refractivity contribution in [2.45, 2.75) is 13.8 Å². The molecule has 6 aromatic rings. The van der Waals surface area contributed by atoms with Crippen LogP contribution in [0.2, 0.25) is 0 Å². The molecule has 0 atom stereocenters. The highest BCUT2D eigenvalue weighted by Gasteiger charge is 2.11. The first-order valence-corrected chi connectivity index (χ1v) is 12.0. The molecule has 0 bridgehead atoms. The molecule has 4 aromatic heterocycles. The number of fused-ring (bicyclic) bond motifs is 2. The third kappa shape index (κ3) is 7.46. The number of nitrogens with one attached hydrogen (secondary N) is 1. The Kier molecular flexibility index (Phi) is 8.60. The Balaban J connectivity index is 0.000000149. The van der Waals surface area contributed by atoms with Gasteiger partial charge in [-0.15, -0.1) is 0 Å². The normalized spacial score (nSPS) is 10.2. The second-order valence-corrected chi connectivity index (χ2v) is 8.46. The van der Waals surface area contributed by atoms with Crippen LogP contribution in [0.1, 0.15) is 32.1 Å². The van der Waals surface area contributed by atoms with Gasteiger partial charge in [0.15, 0.2) is 11.2 Å². The molecule has 0 radical (unpaired) electrons. The zero-order valence-electron chi connectivity index (χ0n) is 21.0. The van der Waals surface area contributed by atoms with E-state index in [0.29, 0.717) is 33.3 Å². The minimum absolute atomic E-state index is 0.177. The molecule has 11 heteroatoms. The van der Waals surface area contributed by atoms with Gasteiger partial charge in [0.05, 0.1) is 12.4 Å². The molecular formula is C28H23ClN6O4. The maximum absolute atomic E-state index is 11.9. The Bertz CT molecular complexity index is 1720. The molecule has 0 aliphatic heterocycles. The summed E-state index contributed by atoms with van der Waals surface area (Å²) in [5.41, 5.74) is 10.8. The average molecular weight is 543 g/mol. The van der Waals surface area contributed by atoms with Gasteiger partial charge in [0.25, 0.3) is 17.2 Å². The van der Waals surface area contributed by atoms with Gasteiger partial charge in [0.2, 0.25) is 0 Å². The number of carbonyl (C=O) groups excluding carboxylic acids is 2. The molecule has 0 unspecified atom stereocenters. The summed E-state index contributed by atoms with van der Waals surface area (Å²) in [4.78, 5) is 38.6. The number of nitrogens with zero attached hydrogens (tertiary/aromatic N) is 4. The number of nitrogen functional groups attached to an aromatic ring is 1. The number of nitrogens with two attached hydrogens (primary N) is 1. The maximum atomic E-state index is 11.9. The van der Waals surface area contributed by atoms with E-state index in [9.17, 15) is 9.59 Å². The first-order valence-electron chi connectivity index (χ1n) is 11.6. The molecule has 196 valence electrons. The van der Waals surface area contributed by atoms with E-state index in [-0.39, 0.29) is 17.9 Å². The summed E-state index contributed by atoms with van der Waals surface area (Å²) in [7, 11) is 0. The van der Waals surface area contributed by atoms with Crippen LogP contribution in [0.15, 0.2) is 94.0 Å². The van der Waals surface area contributed by atoms with E-state index in [4.69, 9.17) is 26.2 Å². The topological polar surface area (TPSA) is 150 Å². The van der Waals surface area contributed by atoms with Gasteiger partial charge in [0.1, 0.15) is 11.0 Å². The summed E-state index contributed by atoms with van der Waals surface area (Å²) >= 11 is 5.16. The third-order valence-corrected chi connectivity index (χ3v) is 5.32. The van der Waals surface area contributed by atoms with E-state index in [2.05, 4.69) is 25.3 Å². The molecule has 0 saturated carbocycles. The molecule has 0 aliphatic rings. The summed E-state index contributed by atoms with van der Waals surface area (Å²) in [6.45, 7) is 3.75. The van der Waals surface area contributed by atoms with E-state index < -0.39 is 5.24 Å². The van der Waals surface area contributed by atoms with Crippen LogP contribution in [0.4, 0.5) is 12.0 Å². The number of rotatable bonds is 3. The average Bonchev–Trinajstić information content (AvgIpc) is 3.51. The van der Waals surface area contributed by atoms with Crippen LogP contribution in [0.3, 0.4) is 0 Å². The smallest absolute Gasteiger partial charge is 0.302 e. The summed E-state index contributed by atoms with van der Waals surface area (Å²) in [5.74, 6) is -0.253. The summed E-state index contributed by atoms with van der Waals surface area (Å²) < 4.78 is 10.5. The van der Waals surface area contributed by atoms with Crippen LogP contribution in [0.5, 0.6) is 0 Å². The lowest BCUT2D eigenvalue weighted by molar-refractivity contribution is 0.102. The van der Waals surface area contributed by atoms with Gasteiger partial charge in [-0.25, -0.2) is 0 Å². The van der Waals surface area contributed by atoms with Crippen LogP contribution in [-0.2, 0) is 0 Å². The number of hydrogen-bond acceptors (Lipinski definition) is 9. The third-order valence-electron chi connectivity index (χ3n) is 5.10. The predicted molar refractivity (Wildman–Crippen MR) is 149 cm³/mol. The molecule has 4 heterocycles. The van der Waals surface area contributed by atoms with Crippen molar-refractivity contribution in [3.63, 3.8) is 0 Å². The molecule has 10 nitrogen and oxygen atoms in total. The van der Waals surface area contributed by atoms with E-state index in [1.165, 1.54) is 0 Å². The number of aromatic nitrogens is 4. The van der Waals surface area contributed by atoms with E-state index in [1.54, 1.807) is 73.1 Å². The monoisotopic (exact) mass is 542 g/mol. The van der Waals surface area contributed by atoms with Crippen LogP contribution in [0, 0.1) is 13.8 Å². The molecule has 39 heavy (non-hydrogen) atoms. The van der Waals surface area contributed by atoms with Crippen molar-refractivity contribution in [1.29, 1.82) is 0 Å². The highest BCUT2D eigenvalue weighted by atomic mass is 35.5. The molecule has 0 spiro atoms. The highest BCUT2D eigenvalue weighted by Crippen LogP contribution is 2.19. The Labute approximate surface area is 227 Å². The maximum Gasteiger partial charge on any atom is 0.302 e. The number of oxazole rings is 2. The number of anilines is 2. The molecule has 1 amide bonds. The highest BCUT2D eigenvalue weighted by molar-refractivity contribution is 6.67. The minimum atomic E-state index is -0.407. The number of halogens is 1. The van der Waals surface area contributed by atoms with Crippen molar-refractivity contribution in [2.75, 3.05) is 11.1 Å². The van der Waals surface area contributed by atoms with Gasteiger partial charge in [-0.3, -0.25) is 24.9 Å². The SMILES string of the molecule is Cc1cc2oc(N)nc2cn1.Cc1cc2oc(NC(=O)c3ccccc3)nc2cn1.O=C(Cl)c1ccccc1. The van der Waals surface area contributed by atoms with E-state index in [0.717, 1.165) is 11.4 Å². The van der Waals surface area contributed by atoms with Crippen molar-refractivity contribution >= 4 is 57.0 Å². The molecule has 0 saturated heterocycles. The number of aryl methyl sites for hydroxylation is 2. The van der Waals surface area contributed by atoms with Crippen molar-refractivity contribution in [2.24, 2.45) is 0 Å². The fourth-order valence-corrected chi connectivity index (χ4v) is 3.38. The van der Waals surface area contributed by atoms with Gasteiger partial charge >= 0.3 is 6.01 Å². The van der Waals surface area contributed by atoms with Crippen LogP contribution in [0.25, 0.3) is 22.2 Å². The number of amides is 1. The number of carbonyl (C=O) groups is 2. The Morgan fingerprint density at radius 3 is 1.82 bits per heavy atom. The summed E-state index contributed by atoms with van der Waals surface area (Å²) in [6, 6.07) is 21.6. The number of hydrogen-bond donors (Lipinski definition) is 2. The van der Waals surface area contributed by atoms with Crippen LogP contribution in [-0.4, -0.2) is 31.1 Å². The fraction of sp³-hybridized carbons (Fsp3) is 0.0714. The van der Waals surface area contributed by atoms with Crippen molar-refractivity contribution in [3.8, 4) is 0 Å². The van der Waals surface area contributed by atoms with Gasteiger partial charge in [0, 0.05) is 34.6 Å². The molecule has 3 N–H and O–H groups in total. The second kappa shape index (κ2) is 12.4. The molecule has 2 aromatic carbocycles. The van der Waals surface area contributed by atoms with Gasteiger partial charge in [-0.2, -0.15) is 9.97 Å². The summed E-state index contributed by atoms with van der Waals surface area (Å²) in [6.07, 6.45) is 3.26. The lowest BCUT2D eigenvalue weighted by atomic mass is 10.2. The largest absolute Gasteiger partial charge is 0.424 e. The minimum Gasteiger partial charge on any atom is -0.424 e. The standard InChI is InChI=1S/C14H11N3O2.C7H5ClO.C7H7N3O/c1-9-7-12-11(8-15-9)16-14(19-12)17-13(18)10-5-3-2-4-6-10;8-7(9)6-4-2-1-3-5-6;1-4-2-6-5(3-9-4)10-7(8)11-6/h2-8H,1H3,(H,16,17,18);1-5H;2-3H,1H3,(H2,8,10). The summed E-state index contributed by atoms with van der Waals surface area (Å²) in [5, 5.41) is 2.22. The van der Waals surface area contributed by atoms with Gasteiger partial charge in [-0.05, 0) is 37.6 Å². The molecule has 0 aliphatic carbocycles. The van der Waals surface area contributed by atoms with Crippen molar-refractivity contribution < 1.29 is 18.4 Å². The van der Waals surface area contributed by atoms with Crippen molar-refractivity contribution in [1.82, 2.24) is 19.9 Å². The van der Waals surface area contributed by atoms with E-state index in [1.807, 2.05) is 26.0 Å². The molecule has 0 fully saturated rings. The van der Waals surface area contributed by atoms with Gasteiger partial charge in [-0.1, -0.05) is 48.5 Å². The van der Waals surface area contributed by atoms with E-state index >= 15 is 0 Å². The quantitative estimate of drug-likeness (QED) is 0.258. The van der Waals surface area contributed by atoms with Crippen LogP contribution >= 0.6 is 11.6 Å².